The smallest absolute Gasteiger partial charge is 0.0832 e. The van der Waals surface area contributed by atoms with E-state index in [9.17, 15) is 5.11 Å². The van der Waals surface area contributed by atoms with Crippen LogP contribution in [0, 0.1) is 5.92 Å². The van der Waals surface area contributed by atoms with E-state index in [0.29, 0.717) is 5.92 Å². The number of nitrogens with zero attached hydrogens (tertiary/aromatic N) is 3. The summed E-state index contributed by atoms with van der Waals surface area (Å²) in [5.74, 6) is 0.487. The van der Waals surface area contributed by atoms with E-state index in [1.54, 1.807) is 4.68 Å². The third kappa shape index (κ3) is 2.26. The lowest BCUT2D eigenvalue weighted by molar-refractivity contribution is 0.154. The van der Waals surface area contributed by atoms with Crippen LogP contribution in [-0.4, -0.2) is 19.5 Å². The summed E-state index contributed by atoms with van der Waals surface area (Å²) in [6.07, 6.45) is 8.02. The molecule has 90 valence electrons. The van der Waals surface area contributed by atoms with Crippen LogP contribution in [0.2, 0.25) is 0 Å². The lowest BCUT2D eigenvalue weighted by Gasteiger charge is -2.05. The minimum atomic E-state index is -0.278. The van der Waals surface area contributed by atoms with Crippen molar-refractivity contribution in [3.8, 4) is 0 Å². The number of aryl methyl sites for hydroxylation is 1. The zero-order chi connectivity index (χ0) is 11.8. The van der Waals surface area contributed by atoms with Gasteiger partial charge in [0.1, 0.15) is 0 Å². The van der Waals surface area contributed by atoms with E-state index >= 15 is 0 Å². The Morgan fingerprint density at radius 1 is 1.41 bits per heavy atom. The van der Waals surface area contributed by atoms with Crippen molar-refractivity contribution in [1.29, 1.82) is 0 Å². The van der Waals surface area contributed by atoms with Crippen LogP contribution in [0.4, 0.5) is 0 Å². The molecule has 0 aromatic carbocycles. The Hall–Kier alpha value is -1.55. The number of aliphatic hydroxyl groups excluding tert-OH is 1. The molecule has 1 aliphatic carbocycles. The maximum atomic E-state index is 10.0. The van der Waals surface area contributed by atoms with Crippen LogP contribution in [0.5, 0.6) is 0 Å². The van der Waals surface area contributed by atoms with Crippen molar-refractivity contribution >= 4 is 0 Å². The summed E-state index contributed by atoms with van der Waals surface area (Å²) in [6, 6.07) is 4.02. The number of hydrogen-bond acceptors (Lipinski definition) is 2. The molecule has 2 heterocycles. The highest BCUT2D eigenvalue weighted by molar-refractivity contribution is 5.17. The molecule has 0 saturated heterocycles. The Kier molecular flexibility index (Phi) is 2.52. The predicted molar refractivity (Wildman–Crippen MR) is 64.4 cm³/mol. The fraction of sp³-hybridized carbons (Fsp3) is 0.462. The lowest BCUT2D eigenvalue weighted by Crippen LogP contribution is -2.00. The second-order valence-corrected chi connectivity index (χ2v) is 4.88. The van der Waals surface area contributed by atoms with Crippen LogP contribution in [0.1, 0.15) is 30.2 Å². The Morgan fingerprint density at radius 3 is 2.88 bits per heavy atom. The van der Waals surface area contributed by atoms with E-state index in [4.69, 9.17) is 0 Å². The van der Waals surface area contributed by atoms with Gasteiger partial charge < -0.3 is 9.67 Å². The lowest BCUT2D eigenvalue weighted by atomic mass is 10.1. The highest BCUT2D eigenvalue weighted by Gasteiger charge is 2.31. The summed E-state index contributed by atoms with van der Waals surface area (Å²) < 4.78 is 3.88. The van der Waals surface area contributed by atoms with Crippen LogP contribution < -0.4 is 0 Å². The second-order valence-electron chi connectivity index (χ2n) is 4.88. The molecule has 1 unspecified atom stereocenters. The Balaban J connectivity index is 1.71. The minimum Gasteiger partial charge on any atom is -0.388 e. The van der Waals surface area contributed by atoms with E-state index in [0.717, 1.165) is 30.6 Å². The van der Waals surface area contributed by atoms with Crippen molar-refractivity contribution in [3.63, 3.8) is 0 Å². The summed E-state index contributed by atoms with van der Waals surface area (Å²) in [4.78, 5) is 0. The zero-order valence-electron chi connectivity index (χ0n) is 9.95. The van der Waals surface area contributed by atoms with Crippen molar-refractivity contribution in [2.75, 3.05) is 0 Å². The van der Waals surface area contributed by atoms with Crippen molar-refractivity contribution < 1.29 is 5.11 Å². The first kappa shape index (κ1) is 10.6. The van der Waals surface area contributed by atoms with Crippen LogP contribution in [0.3, 0.4) is 0 Å². The maximum Gasteiger partial charge on any atom is 0.0832 e. The van der Waals surface area contributed by atoms with Crippen molar-refractivity contribution in [2.24, 2.45) is 13.0 Å². The van der Waals surface area contributed by atoms with Gasteiger partial charge in [0.05, 0.1) is 18.3 Å². The molecule has 0 aliphatic heterocycles. The Labute approximate surface area is 100 Å². The van der Waals surface area contributed by atoms with Crippen LogP contribution in [-0.2, 0) is 13.6 Å². The summed E-state index contributed by atoms with van der Waals surface area (Å²) in [5.41, 5.74) is 2.07. The highest BCUT2D eigenvalue weighted by Crippen LogP contribution is 2.40. The van der Waals surface area contributed by atoms with E-state index in [2.05, 4.69) is 9.67 Å². The maximum absolute atomic E-state index is 10.0. The molecule has 1 fully saturated rings. The topological polar surface area (TPSA) is 43.0 Å². The molecule has 3 rings (SSSR count). The fourth-order valence-electron chi connectivity index (χ4n) is 2.15. The first-order chi connectivity index (χ1) is 8.22. The predicted octanol–water partition coefficient (Wildman–Crippen LogP) is 1.71. The molecule has 1 saturated carbocycles. The van der Waals surface area contributed by atoms with Crippen LogP contribution >= 0.6 is 0 Å². The van der Waals surface area contributed by atoms with Gasteiger partial charge in [-0.25, -0.2) is 0 Å². The average molecular weight is 231 g/mol. The van der Waals surface area contributed by atoms with Crippen molar-refractivity contribution in [1.82, 2.24) is 14.3 Å². The average Bonchev–Trinajstić information content (AvgIpc) is 2.93. The van der Waals surface area contributed by atoms with Crippen molar-refractivity contribution in [2.45, 2.75) is 25.5 Å². The first-order valence-corrected chi connectivity index (χ1v) is 6.04. The van der Waals surface area contributed by atoms with Crippen LogP contribution in [0.25, 0.3) is 0 Å². The molecule has 0 amide bonds. The normalized spacial score (nSPS) is 17.3. The van der Waals surface area contributed by atoms with Gasteiger partial charge in [0.15, 0.2) is 0 Å². The standard InChI is InChI=1S/C13H17N3O/c1-15-6-5-12(14-15)9-16-7-4-11(8-16)13(17)10-2-3-10/h4-8,10,13,17H,2-3,9H2,1H3. The molecule has 0 radical (unpaired) electrons. The van der Waals surface area contributed by atoms with Gasteiger partial charge in [0.25, 0.3) is 0 Å². The van der Waals surface area contributed by atoms with Gasteiger partial charge in [-0.05, 0) is 36.5 Å². The molecular weight excluding hydrogens is 214 g/mol. The third-order valence-corrected chi connectivity index (χ3v) is 3.30. The van der Waals surface area contributed by atoms with Gasteiger partial charge in [-0.2, -0.15) is 5.10 Å². The van der Waals surface area contributed by atoms with E-state index in [-0.39, 0.29) is 6.10 Å². The van der Waals surface area contributed by atoms with E-state index < -0.39 is 0 Å². The minimum absolute atomic E-state index is 0.278. The SMILES string of the molecule is Cn1ccc(Cn2ccc(C(O)C3CC3)c2)n1. The first-order valence-electron chi connectivity index (χ1n) is 6.04. The molecule has 1 N–H and O–H groups in total. The molecule has 4 heteroatoms. The van der Waals surface area contributed by atoms with Gasteiger partial charge in [-0.3, -0.25) is 4.68 Å². The van der Waals surface area contributed by atoms with Gasteiger partial charge >= 0.3 is 0 Å². The second kappa shape index (κ2) is 4.04. The number of hydrogen-bond donors (Lipinski definition) is 1. The van der Waals surface area contributed by atoms with Crippen molar-refractivity contribution in [3.05, 3.63) is 42.0 Å². The summed E-state index contributed by atoms with van der Waals surface area (Å²) >= 11 is 0. The molecular formula is C13H17N3O. The Morgan fingerprint density at radius 2 is 2.24 bits per heavy atom. The molecule has 2 aromatic heterocycles. The quantitative estimate of drug-likeness (QED) is 0.870. The van der Waals surface area contributed by atoms with Gasteiger partial charge in [0, 0.05) is 25.6 Å². The molecule has 4 nitrogen and oxygen atoms in total. The third-order valence-electron chi connectivity index (χ3n) is 3.30. The fourth-order valence-corrected chi connectivity index (χ4v) is 2.15. The molecule has 0 spiro atoms. The highest BCUT2D eigenvalue weighted by atomic mass is 16.3. The molecule has 1 aliphatic rings. The Bertz CT molecular complexity index is 510. The molecule has 2 aromatic rings. The van der Waals surface area contributed by atoms with Gasteiger partial charge in [-0.15, -0.1) is 0 Å². The largest absolute Gasteiger partial charge is 0.388 e. The van der Waals surface area contributed by atoms with E-state index in [1.807, 2.05) is 37.8 Å². The van der Waals surface area contributed by atoms with Crippen LogP contribution in [0.15, 0.2) is 30.7 Å². The number of aliphatic hydroxyl groups is 1. The molecule has 17 heavy (non-hydrogen) atoms. The molecule has 1 atom stereocenters. The summed E-state index contributed by atoms with van der Waals surface area (Å²) in [6.45, 7) is 0.762. The van der Waals surface area contributed by atoms with E-state index in [1.165, 1.54) is 0 Å². The number of aromatic nitrogens is 3. The summed E-state index contributed by atoms with van der Waals surface area (Å²) in [5, 5.41) is 14.4. The summed E-state index contributed by atoms with van der Waals surface area (Å²) in [7, 11) is 1.92. The number of rotatable bonds is 4. The zero-order valence-corrected chi connectivity index (χ0v) is 9.95. The molecule has 0 bridgehead atoms. The van der Waals surface area contributed by atoms with Gasteiger partial charge in [-0.1, -0.05) is 0 Å². The monoisotopic (exact) mass is 231 g/mol. The van der Waals surface area contributed by atoms with Gasteiger partial charge in [0.2, 0.25) is 0 Å².